The largest absolute Gasteiger partial charge is 0.444 e. The second kappa shape index (κ2) is 8.46. The highest BCUT2D eigenvalue weighted by Crippen LogP contribution is 2.38. The molecule has 1 aliphatic heterocycles. The Kier molecular flexibility index (Phi) is 6.55. The highest BCUT2D eigenvalue weighted by Gasteiger charge is 2.40. The van der Waals surface area contributed by atoms with Gasteiger partial charge < -0.3 is 15.4 Å². The summed E-state index contributed by atoms with van der Waals surface area (Å²) in [5, 5.41) is 10.7. The molecule has 2 fully saturated rings. The fourth-order valence-electron chi connectivity index (χ4n) is 3.87. The summed E-state index contributed by atoms with van der Waals surface area (Å²) in [6.07, 6.45) is 2.24. The minimum atomic E-state index is -0.621. The van der Waals surface area contributed by atoms with E-state index < -0.39 is 29.6 Å². The molecule has 4 atom stereocenters. The molecule has 0 aromatic rings. The minimum absolute atomic E-state index is 0.0444. The molecule has 0 aromatic heterocycles. The molecule has 4 amide bonds. The molecule has 2 aliphatic rings. The van der Waals surface area contributed by atoms with Crippen LogP contribution in [-0.4, -0.2) is 42.8 Å². The van der Waals surface area contributed by atoms with Crippen LogP contribution in [0.4, 0.5) is 9.59 Å². The molecule has 1 saturated heterocycles. The maximum absolute atomic E-state index is 12.3. The zero-order valence-corrected chi connectivity index (χ0v) is 15.5. The Morgan fingerprint density at radius 2 is 2.00 bits per heavy atom. The van der Waals surface area contributed by atoms with Gasteiger partial charge in [0.15, 0.2) is 0 Å². The van der Waals surface area contributed by atoms with Gasteiger partial charge in [-0.3, -0.25) is 10.1 Å². The van der Waals surface area contributed by atoms with E-state index in [-0.39, 0.29) is 24.4 Å². The smallest absolute Gasteiger partial charge is 0.407 e. The predicted molar refractivity (Wildman–Crippen MR) is 94.3 cm³/mol. The van der Waals surface area contributed by atoms with E-state index in [2.05, 4.69) is 21.1 Å². The van der Waals surface area contributed by atoms with Gasteiger partial charge in [-0.15, -0.1) is 0 Å². The number of imide groups is 1. The number of nitroso groups, excluding NO2 is 1. The van der Waals surface area contributed by atoms with Gasteiger partial charge in [-0.25, -0.2) is 9.59 Å². The van der Waals surface area contributed by atoms with Gasteiger partial charge in [0.05, 0.1) is 12.5 Å². The molecule has 26 heavy (non-hydrogen) atoms. The number of amides is 4. The Balaban J connectivity index is 2.06. The number of hydrogen-bond acceptors (Lipinski definition) is 6. The lowest BCUT2D eigenvalue weighted by molar-refractivity contribution is -0.126. The molecule has 9 nitrogen and oxygen atoms in total. The van der Waals surface area contributed by atoms with Crippen LogP contribution in [0, 0.1) is 22.7 Å². The standard InChI is InChI=1S/C17H28N4O5/c1-17(2,3)26-16(24)20-11-4-5-12-10(8-11)6-7-18-15(23)21-14(22)13(12)9-19-25/h10-13H,4-9H2,1-3H3,(H,20,24)(H2,18,21,22,23)/t10-,11?,12-,13+/m1/s1. The van der Waals surface area contributed by atoms with Crippen molar-refractivity contribution in [3.05, 3.63) is 4.91 Å². The lowest BCUT2D eigenvalue weighted by atomic mass is 9.69. The summed E-state index contributed by atoms with van der Waals surface area (Å²) in [7, 11) is 0. The van der Waals surface area contributed by atoms with Crippen LogP contribution in [0.5, 0.6) is 0 Å². The van der Waals surface area contributed by atoms with Crippen molar-refractivity contribution in [2.75, 3.05) is 13.1 Å². The zero-order chi connectivity index (χ0) is 19.3. The number of urea groups is 1. The first-order valence-electron chi connectivity index (χ1n) is 9.07. The Hall–Kier alpha value is -2.19. The van der Waals surface area contributed by atoms with E-state index in [1.807, 2.05) is 0 Å². The summed E-state index contributed by atoms with van der Waals surface area (Å²) in [6, 6.07) is -0.608. The molecule has 1 aliphatic carbocycles. The summed E-state index contributed by atoms with van der Waals surface area (Å²) in [6.45, 7) is 5.70. The fraction of sp³-hybridized carbons (Fsp3) is 0.824. The first kappa shape index (κ1) is 20.1. The number of fused-ring (bicyclic) bond motifs is 1. The van der Waals surface area contributed by atoms with Gasteiger partial charge in [0.1, 0.15) is 5.60 Å². The van der Waals surface area contributed by atoms with Crippen molar-refractivity contribution in [2.45, 2.75) is 58.1 Å². The van der Waals surface area contributed by atoms with E-state index in [4.69, 9.17) is 4.74 Å². The number of carbonyl (C=O) groups excluding carboxylic acids is 3. The van der Waals surface area contributed by atoms with Crippen LogP contribution < -0.4 is 16.0 Å². The van der Waals surface area contributed by atoms with Crippen LogP contribution >= 0.6 is 0 Å². The number of nitrogens with zero attached hydrogens (tertiary/aromatic N) is 1. The second-order valence-electron chi connectivity index (χ2n) is 8.03. The van der Waals surface area contributed by atoms with Crippen LogP contribution in [0.1, 0.15) is 46.5 Å². The van der Waals surface area contributed by atoms with E-state index in [1.165, 1.54) is 0 Å². The van der Waals surface area contributed by atoms with Crippen molar-refractivity contribution >= 4 is 18.0 Å². The molecule has 0 bridgehead atoms. The van der Waals surface area contributed by atoms with Crippen molar-refractivity contribution in [1.82, 2.24) is 16.0 Å². The SMILES string of the molecule is CC(C)(C)OC(=O)NC1CC[C@@H]2[C@H](CCNC(=O)NC(=O)[C@H]2CN=O)C1. The molecule has 146 valence electrons. The molecule has 3 N–H and O–H groups in total. The van der Waals surface area contributed by atoms with Gasteiger partial charge in [0, 0.05) is 12.6 Å². The monoisotopic (exact) mass is 368 g/mol. The molecular weight excluding hydrogens is 340 g/mol. The third-order valence-electron chi connectivity index (χ3n) is 4.92. The fourth-order valence-corrected chi connectivity index (χ4v) is 3.87. The van der Waals surface area contributed by atoms with Gasteiger partial charge in [-0.2, -0.15) is 4.91 Å². The molecule has 0 spiro atoms. The molecule has 2 rings (SSSR count). The first-order valence-corrected chi connectivity index (χ1v) is 9.07. The zero-order valence-electron chi connectivity index (χ0n) is 15.5. The van der Waals surface area contributed by atoms with Gasteiger partial charge in [-0.1, -0.05) is 5.18 Å². The number of alkyl carbamates (subject to hydrolysis) is 1. The number of carbonyl (C=O) groups is 3. The molecule has 1 unspecified atom stereocenters. The maximum atomic E-state index is 12.3. The highest BCUT2D eigenvalue weighted by atomic mass is 16.6. The summed E-state index contributed by atoms with van der Waals surface area (Å²) >= 11 is 0. The molecule has 9 heteroatoms. The molecular formula is C17H28N4O5. The first-order chi connectivity index (χ1) is 12.2. The van der Waals surface area contributed by atoms with Gasteiger partial charge in [-0.05, 0) is 58.3 Å². The minimum Gasteiger partial charge on any atom is -0.444 e. The molecule has 0 radical (unpaired) electrons. The lowest BCUT2D eigenvalue weighted by Crippen LogP contribution is -2.47. The number of nitrogens with one attached hydrogen (secondary N) is 3. The Labute approximate surface area is 153 Å². The third-order valence-corrected chi connectivity index (χ3v) is 4.92. The highest BCUT2D eigenvalue weighted by molar-refractivity contribution is 5.95. The average Bonchev–Trinajstić information content (AvgIpc) is 2.55. The summed E-state index contributed by atoms with van der Waals surface area (Å²) in [5.74, 6) is -1.03. The molecule has 1 heterocycles. The summed E-state index contributed by atoms with van der Waals surface area (Å²) in [4.78, 5) is 46.8. The summed E-state index contributed by atoms with van der Waals surface area (Å²) in [5.41, 5.74) is -0.567. The van der Waals surface area contributed by atoms with Crippen LogP contribution in [0.25, 0.3) is 0 Å². The third kappa shape index (κ3) is 5.67. The summed E-state index contributed by atoms with van der Waals surface area (Å²) < 4.78 is 5.30. The number of hydrogen-bond donors (Lipinski definition) is 3. The van der Waals surface area contributed by atoms with E-state index in [9.17, 15) is 19.3 Å². The van der Waals surface area contributed by atoms with E-state index in [1.54, 1.807) is 20.8 Å². The van der Waals surface area contributed by atoms with Crippen LogP contribution in [0.3, 0.4) is 0 Å². The quantitative estimate of drug-likeness (QED) is 0.656. The van der Waals surface area contributed by atoms with E-state index >= 15 is 0 Å². The van der Waals surface area contributed by atoms with Gasteiger partial charge in [0.2, 0.25) is 5.91 Å². The number of ether oxygens (including phenoxy) is 1. The Morgan fingerprint density at radius 3 is 2.65 bits per heavy atom. The topological polar surface area (TPSA) is 126 Å². The maximum Gasteiger partial charge on any atom is 0.407 e. The number of rotatable bonds is 3. The van der Waals surface area contributed by atoms with Crippen LogP contribution in [-0.2, 0) is 9.53 Å². The normalized spacial score (nSPS) is 29.8. The van der Waals surface area contributed by atoms with Crippen molar-refractivity contribution in [3.8, 4) is 0 Å². The Bertz CT molecular complexity index is 560. The molecule has 1 saturated carbocycles. The van der Waals surface area contributed by atoms with Crippen LogP contribution in [0.15, 0.2) is 5.18 Å². The molecule has 0 aromatic carbocycles. The van der Waals surface area contributed by atoms with E-state index in [0.29, 0.717) is 32.2 Å². The van der Waals surface area contributed by atoms with Crippen molar-refractivity contribution < 1.29 is 19.1 Å². The second-order valence-corrected chi connectivity index (χ2v) is 8.03. The van der Waals surface area contributed by atoms with Crippen molar-refractivity contribution in [1.29, 1.82) is 0 Å². The van der Waals surface area contributed by atoms with E-state index in [0.717, 1.165) is 0 Å². The van der Waals surface area contributed by atoms with Gasteiger partial charge >= 0.3 is 12.1 Å². The van der Waals surface area contributed by atoms with Crippen molar-refractivity contribution in [2.24, 2.45) is 22.9 Å². The van der Waals surface area contributed by atoms with Crippen LogP contribution in [0.2, 0.25) is 0 Å². The average molecular weight is 368 g/mol. The lowest BCUT2D eigenvalue weighted by Gasteiger charge is -2.39. The Morgan fingerprint density at radius 1 is 1.27 bits per heavy atom. The van der Waals surface area contributed by atoms with Gasteiger partial charge in [0.25, 0.3) is 0 Å². The predicted octanol–water partition coefficient (Wildman–Crippen LogP) is 1.91. The van der Waals surface area contributed by atoms with Crippen molar-refractivity contribution in [3.63, 3.8) is 0 Å².